The molecule has 5 aromatic rings. The highest BCUT2D eigenvalue weighted by Gasteiger charge is 2.20. The molecule has 29 heavy (non-hydrogen) atoms. The van der Waals surface area contributed by atoms with Gasteiger partial charge in [0.05, 0.1) is 11.1 Å². The molecule has 0 N–H and O–H groups in total. The Hall–Kier alpha value is -3.86. The molecule has 0 saturated carbocycles. The SMILES string of the molecule is CN(C)c1ccc(-c2nn(-c3ccccc3)c3c2oc(=O)c2ccccc23)cc1. The molecule has 5 heteroatoms. The van der Waals surface area contributed by atoms with E-state index in [-0.39, 0.29) is 5.63 Å². The van der Waals surface area contributed by atoms with E-state index in [0.717, 1.165) is 27.8 Å². The van der Waals surface area contributed by atoms with Crippen LogP contribution in [-0.2, 0) is 0 Å². The van der Waals surface area contributed by atoms with Gasteiger partial charge in [0.15, 0.2) is 5.58 Å². The van der Waals surface area contributed by atoms with E-state index in [4.69, 9.17) is 9.52 Å². The molecule has 0 unspecified atom stereocenters. The quantitative estimate of drug-likeness (QED) is 0.448. The van der Waals surface area contributed by atoms with Crippen molar-refractivity contribution in [3.63, 3.8) is 0 Å². The van der Waals surface area contributed by atoms with Gasteiger partial charge in [0.2, 0.25) is 0 Å². The molecule has 0 amide bonds. The number of anilines is 1. The zero-order valence-corrected chi connectivity index (χ0v) is 16.2. The predicted molar refractivity (Wildman–Crippen MR) is 117 cm³/mol. The average molecular weight is 381 g/mol. The largest absolute Gasteiger partial charge is 0.418 e. The first kappa shape index (κ1) is 17.3. The highest BCUT2D eigenvalue weighted by molar-refractivity contribution is 6.06. The predicted octanol–water partition coefficient (Wildman–Crippen LogP) is 4.86. The molecular weight excluding hydrogens is 362 g/mol. The van der Waals surface area contributed by atoms with Crippen LogP contribution in [0.2, 0.25) is 0 Å². The normalized spacial score (nSPS) is 11.2. The summed E-state index contributed by atoms with van der Waals surface area (Å²) in [5.74, 6) is 0. The molecular formula is C24H19N3O2. The molecule has 142 valence electrons. The Morgan fingerprint density at radius 1 is 0.828 bits per heavy atom. The lowest BCUT2D eigenvalue weighted by molar-refractivity contribution is 0.570. The number of hydrogen-bond donors (Lipinski definition) is 0. The summed E-state index contributed by atoms with van der Waals surface area (Å²) in [5, 5.41) is 6.24. The molecule has 0 fully saturated rings. The molecule has 5 nitrogen and oxygen atoms in total. The number of hydrogen-bond acceptors (Lipinski definition) is 4. The summed E-state index contributed by atoms with van der Waals surface area (Å²) in [5.41, 5.74) is 4.48. The molecule has 2 heterocycles. The molecule has 0 atom stereocenters. The van der Waals surface area contributed by atoms with E-state index in [9.17, 15) is 4.79 Å². The maximum Gasteiger partial charge on any atom is 0.344 e. The Bertz CT molecular complexity index is 1380. The fourth-order valence-electron chi connectivity index (χ4n) is 3.61. The van der Waals surface area contributed by atoms with Crippen LogP contribution >= 0.6 is 0 Å². The van der Waals surface area contributed by atoms with Crippen LogP contribution in [0.4, 0.5) is 5.69 Å². The first-order valence-corrected chi connectivity index (χ1v) is 9.41. The van der Waals surface area contributed by atoms with Crippen molar-refractivity contribution in [1.82, 2.24) is 9.78 Å². The van der Waals surface area contributed by atoms with Crippen LogP contribution < -0.4 is 10.5 Å². The van der Waals surface area contributed by atoms with Crippen molar-refractivity contribution in [2.24, 2.45) is 0 Å². The van der Waals surface area contributed by atoms with Crippen molar-refractivity contribution >= 4 is 27.6 Å². The van der Waals surface area contributed by atoms with E-state index in [0.29, 0.717) is 16.7 Å². The van der Waals surface area contributed by atoms with Crippen molar-refractivity contribution in [2.45, 2.75) is 0 Å². The summed E-state index contributed by atoms with van der Waals surface area (Å²) in [6.45, 7) is 0. The molecule has 2 aromatic heterocycles. The Balaban J connectivity index is 1.87. The van der Waals surface area contributed by atoms with Crippen molar-refractivity contribution < 1.29 is 4.42 Å². The van der Waals surface area contributed by atoms with E-state index >= 15 is 0 Å². The van der Waals surface area contributed by atoms with Crippen LogP contribution in [0.15, 0.2) is 88.1 Å². The van der Waals surface area contributed by atoms with Gasteiger partial charge in [0.1, 0.15) is 11.2 Å². The molecule has 5 rings (SSSR count). The van der Waals surface area contributed by atoms with Crippen molar-refractivity contribution in [2.75, 3.05) is 19.0 Å². The fourth-order valence-corrected chi connectivity index (χ4v) is 3.61. The van der Waals surface area contributed by atoms with E-state index in [1.54, 1.807) is 6.07 Å². The fraction of sp³-hybridized carbons (Fsp3) is 0.0833. The lowest BCUT2D eigenvalue weighted by Gasteiger charge is -2.12. The van der Waals surface area contributed by atoms with Crippen LogP contribution in [0.3, 0.4) is 0 Å². The molecule has 0 bridgehead atoms. The van der Waals surface area contributed by atoms with Crippen LogP contribution in [0.25, 0.3) is 38.8 Å². The highest BCUT2D eigenvalue weighted by atomic mass is 16.4. The number of fused-ring (bicyclic) bond motifs is 3. The lowest BCUT2D eigenvalue weighted by atomic mass is 10.1. The smallest absolute Gasteiger partial charge is 0.344 e. The number of rotatable bonds is 3. The molecule has 0 spiro atoms. The van der Waals surface area contributed by atoms with Gasteiger partial charge in [-0.05, 0) is 30.3 Å². The molecule has 3 aromatic carbocycles. The second kappa shape index (κ2) is 6.63. The van der Waals surface area contributed by atoms with Gasteiger partial charge in [-0.15, -0.1) is 0 Å². The van der Waals surface area contributed by atoms with Gasteiger partial charge in [-0.25, -0.2) is 9.48 Å². The highest BCUT2D eigenvalue weighted by Crippen LogP contribution is 2.33. The summed E-state index contributed by atoms with van der Waals surface area (Å²) in [6.07, 6.45) is 0. The number of nitrogens with zero attached hydrogens (tertiary/aromatic N) is 3. The van der Waals surface area contributed by atoms with Crippen LogP contribution in [-0.4, -0.2) is 23.9 Å². The van der Waals surface area contributed by atoms with Gasteiger partial charge in [-0.3, -0.25) is 0 Å². The van der Waals surface area contributed by atoms with Gasteiger partial charge in [0, 0.05) is 30.7 Å². The number of benzene rings is 3. The topological polar surface area (TPSA) is 51.3 Å². The van der Waals surface area contributed by atoms with E-state index in [1.807, 2.05) is 96.5 Å². The Morgan fingerprint density at radius 2 is 1.48 bits per heavy atom. The van der Waals surface area contributed by atoms with E-state index in [1.165, 1.54) is 0 Å². The lowest BCUT2D eigenvalue weighted by Crippen LogP contribution is -2.07. The van der Waals surface area contributed by atoms with Crippen LogP contribution in [0.1, 0.15) is 0 Å². The van der Waals surface area contributed by atoms with Crippen molar-refractivity contribution in [3.05, 3.63) is 89.3 Å². The first-order valence-electron chi connectivity index (χ1n) is 9.41. The molecule has 0 aliphatic heterocycles. The van der Waals surface area contributed by atoms with Gasteiger partial charge in [-0.2, -0.15) is 5.10 Å². The van der Waals surface area contributed by atoms with Crippen LogP contribution in [0, 0.1) is 0 Å². The van der Waals surface area contributed by atoms with Gasteiger partial charge in [0.25, 0.3) is 0 Å². The summed E-state index contributed by atoms with van der Waals surface area (Å²) in [6, 6.07) is 25.4. The average Bonchev–Trinajstić information content (AvgIpc) is 3.14. The standard InChI is InChI=1S/C24H19N3O2/c1-26(2)17-14-12-16(13-15-17)21-23-22(27(25-21)18-8-4-3-5-9-18)19-10-6-7-11-20(19)24(28)29-23/h3-15H,1-2H3. The third-order valence-electron chi connectivity index (χ3n) is 5.10. The van der Waals surface area contributed by atoms with Gasteiger partial charge >= 0.3 is 5.63 Å². The molecule has 0 aliphatic rings. The molecule has 0 aliphatic carbocycles. The minimum absolute atomic E-state index is 0.355. The van der Waals surface area contributed by atoms with E-state index in [2.05, 4.69) is 0 Å². The number of aromatic nitrogens is 2. The van der Waals surface area contributed by atoms with Crippen molar-refractivity contribution in [3.8, 4) is 16.9 Å². The second-order valence-corrected chi connectivity index (χ2v) is 7.15. The Morgan fingerprint density at radius 3 is 2.17 bits per heavy atom. The molecule has 0 saturated heterocycles. The first-order chi connectivity index (χ1) is 14.1. The summed E-state index contributed by atoms with van der Waals surface area (Å²) < 4.78 is 7.65. The van der Waals surface area contributed by atoms with E-state index < -0.39 is 0 Å². The summed E-state index contributed by atoms with van der Waals surface area (Å²) in [7, 11) is 4.00. The van der Waals surface area contributed by atoms with Gasteiger partial charge < -0.3 is 9.32 Å². The zero-order chi connectivity index (χ0) is 20.0. The van der Waals surface area contributed by atoms with Gasteiger partial charge in [-0.1, -0.05) is 48.5 Å². The third-order valence-corrected chi connectivity index (χ3v) is 5.10. The molecule has 0 radical (unpaired) electrons. The number of para-hydroxylation sites is 1. The van der Waals surface area contributed by atoms with Crippen molar-refractivity contribution in [1.29, 1.82) is 0 Å². The third kappa shape index (κ3) is 2.79. The maximum absolute atomic E-state index is 12.7. The minimum atomic E-state index is -0.355. The summed E-state index contributed by atoms with van der Waals surface area (Å²) >= 11 is 0. The maximum atomic E-state index is 12.7. The minimum Gasteiger partial charge on any atom is -0.418 e. The zero-order valence-electron chi connectivity index (χ0n) is 16.2. The second-order valence-electron chi connectivity index (χ2n) is 7.15. The van der Waals surface area contributed by atoms with Crippen LogP contribution in [0.5, 0.6) is 0 Å². The monoisotopic (exact) mass is 381 g/mol. The summed E-state index contributed by atoms with van der Waals surface area (Å²) in [4.78, 5) is 14.7. The Kier molecular flexibility index (Phi) is 3.95. The Labute approximate surface area is 167 Å².